The first-order valence-corrected chi connectivity index (χ1v) is 11.2. The van der Waals surface area contributed by atoms with Crippen LogP contribution in [-0.2, 0) is 4.79 Å². The number of nitrogens with zero attached hydrogens (tertiary/aromatic N) is 5. The van der Waals surface area contributed by atoms with Crippen LogP contribution in [0, 0.1) is 0 Å². The number of H-pyrrole nitrogens is 2. The molecule has 0 atom stereocenters. The molecule has 10 heteroatoms. The first kappa shape index (κ1) is 20.7. The van der Waals surface area contributed by atoms with Gasteiger partial charge < -0.3 is 14.7 Å². The molecule has 0 unspecified atom stereocenters. The van der Waals surface area contributed by atoms with Crippen LogP contribution >= 0.6 is 0 Å². The zero-order valence-electron chi connectivity index (χ0n) is 18.7. The van der Waals surface area contributed by atoms with Gasteiger partial charge in [0.1, 0.15) is 16.9 Å². The van der Waals surface area contributed by atoms with Crippen LogP contribution in [0.15, 0.2) is 66.0 Å². The number of imidazole rings is 1. The highest BCUT2D eigenvalue weighted by Gasteiger charge is 2.17. The number of aromatic amines is 2. The highest BCUT2D eigenvalue weighted by atomic mass is 16.3. The van der Waals surface area contributed by atoms with Crippen LogP contribution in [0.25, 0.3) is 56.0 Å². The lowest BCUT2D eigenvalue weighted by Gasteiger charge is -2.07. The number of hydrogen-bond acceptors (Lipinski definition) is 7. The number of pyridine rings is 3. The number of furan rings is 1. The lowest BCUT2D eigenvalue weighted by molar-refractivity contribution is -0.116. The molecular weight excluding hydrogens is 444 g/mol. The van der Waals surface area contributed by atoms with E-state index in [2.05, 4.69) is 35.5 Å². The molecule has 3 N–H and O–H groups in total. The minimum atomic E-state index is -0.0358. The van der Waals surface area contributed by atoms with E-state index in [0.29, 0.717) is 29.3 Å². The fraction of sp³-hybridized carbons (Fsp3) is 0.120. The van der Waals surface area contributed by atoms with E-state index in [-0.39, 0.29) is 5.91 Å². The summed E-state index contributed by atoms with van der Waals surface area (Å²) in [5.74, 6) is 0.563. The Morgan fingerprint density at radius 2 is 1.97 bits per heavy atom. The Balaban J connectivity index is 1.40. The van der Waals surface area contributed by atoms with Crippen molar-refractivity contribution in [1.29, 1.82) is 0 Å². The van der Waals surface area contributed by atoms with Crippen LogP contribution in [0.4, 0.5) is 5.69 Å². The van der Waals surface area contributed by atoms with Crippen molar-refractivity contribution in [3.05, 3.63) is 61.6 Å². The second-order valence-electron chi connectivity index (χ2n) is 8.11. The molecule has 0 aliphatic rings. The summed E-state index contributed by atoms with van der Waals surface area (Å²) >= 11 is 0. The second-order valence-corrected chi connectivity index (χ2v) is 8.11. The molecule has 0 aliphatic carbocycles. The van der Waals surface area contributed by atoms with Crippen LogP contribution in [0.3, 0.4) is 0 Å². The fourth-order valence-corrected chi connectivity index (χ4v) is 4.02. The third-order valence-corrected chi connectivity index (χ3v) is 5.67. The molecule has 0 spiro atoms. The molecule has 0 bridgehead atoms. The van der Waals surface area contributed by atoms with E-state index in [1.807, 2.05) is 31.2 Å². The first-order valence-electron chi connectivity index (χ1n) is 11.2. The third kappa shape index (κ3) is 3.80. The van der Waals surface area contributed by atoms with E-state index in [1.165, 1.54) is 0 Å². The molecule has 0 aromatic carbocycles. The number of amides is 1. The van der Waals surface area contributed by atoms with E-state index in [9.17, 15) is 4.79 Å². The van der Waals surface area contributed by atoms with Crippen molar-refractivity contribution in [3.8, 4) is 33.9 Å². The summed E-state index contributed by atoms with van der Waals surface area (Å²) in [6.07, 6.45) is 11.3. The molecule has 0 aliphatic heterocycles. The zero-order chi connectivity index (χ0) is 23.8. The maximum atomic E-state index is 12.0. The minimum Gasteiger partial charge on any atom is -0.472 e. The van der Waals surface area contributed by atoms with Crippen molar-refractivity contribution in [2.24, 2.45) is 0 Å². The Kier molecular flexibility index (Phi) is 5.03. The van der Waals surface area contributed by atoms with Gasteiger partial charge >= 0.3 is 0 Å². The van der Waals surface area contributed by atoms with Gasteiger partial charge in [-0.2, -0.15) is 5.10 Å². The number of anilines is 1. The van der Waals surface area contributed by atoms with Gasteiger partial charge in [-0.15, -0.1) is 0 Å². The van der Waals surface area contributed by atoms with Gasteiger partial charge in [0.15, 0.2) is 11.5 Å². The molecule has 6 aromatic heterocycles. The van der Waals surface area contributed by atoms with Crippen LogP contribution < -0.4 is 5.32 Å². The second kappa shape index (κ2) is 8.49. The van der Waals surface area contributed by atoms with Crippen LogP contribution in [0.1, 0.15) is 19.8 Å². The Bertz CT molecular complexity index is 1670. The van der Waals surface area contributed by atoms with Crippen molar-refractivity contribution in [2.45, 2.75) is 19.8 Å². The molecule has 0 saturated carbocycles. The molecule has 6 rings (SSSR count). The molecular formula is C25H20N8O2. The number of rotatable bonds is 6. The van der Waals surface area contributed by atoms with Gasteiger partial charge in [-0.25, -0.2) is 9.97 Å². The van der Waals surface area contributed by atoms with Gasteiger partial charge in [0.2, 0.25) is 5.91 Å². The molecule has 6 heterocycles. The number of nitrogens with one attached hydrogen (secondary N) is 3. The lowest BCUT2D eigenvalue weighted by Crippen LogP contribution is -2.10. The van der Waals surface area contributed by atoms with Gasteiger partial charge in [0.05, 0.1) is 35.3 Å². The third-order valence-electron chi connectivity index (χ3n) is 5.67. The quantitative estimate of drug-likeness (QED) is 0.317. The van der Waals surface area contributed by atoms with E-state index < -0.39 is 0 Å². The number of fused-ring (bicyclic) bond motifs is 2. The van der Waals surface area contributed by atoms with Crippen LogP contribution in [-0.4, -0.2) is 41.0 Å². The zero-order valence-corrected chi connectivity index (χ0v) is 18.7. The van der Waals surface area contributed by atoms with E-state index in [4.69, 9.17) is 9.40 Å². The summed E-state index contributed by atoms with van der Waals surface area (Å²) in [5.41, 5.74) is 6.74. The summed E-state index contributed by atoms with van der Waals surface area (Å²) in [5, 5.41) is 11.1. The molecule has 35 heavy (non-hydrogen) atoms. The maximum Gasteiger partial charge on any atom is 0.224 e. The molecule has 0 fully saturated rings. The topological polar surface area (TPSA) is 138 Å². The number of carbonyl (C=O) groups is 1. The monoisotopic (exact) mass is 464 g/mol. The van der Waals surface area contributed by atoms with Gasteiger partial charge in [0, 0.05) is 41.7 Å². The highest BCUT2D eigenvalue weighted by Crippen LogP contribution is 2.32. The highest BCUT2D eigenvalue weighted by molar-refractivity contribution is 5.96. The van der Waals surface area contributed by atoms with Crippen molar-refractivity contribution in [3.63, 3.8) is 0 Å². The normalized spacial score (nSPS) is 11.3. The van der Waals surface area contributed by atoms with Gasteiger partial charge in [-0.3, -0.25) is 19.9 Å². The van der Waals surface area contributed by atoms with Crippen LogP contribution in [0.2, 0.25) is 0 Å². The first-order chi connectivity index (χ1) is 17.2. The molecule has 6 aromatic rings. The predicted molar refractivity (Wildman–Crippen MR) is 131 cm³/mol. The van der Waals surface area contributed by atoms with Crippen molar-refractivity contribution in [2.75, 3.05) is 5.32 Å². The lowest BCUT2D eigenvalue weighted by atomic mass is 10.1. The number of hydrogen-bond donors (Lipinski definition) is 3. The minimum absolute atomic E-state index is 0.0358. The predicted octanol–water partition coefficient (Wildman–Crippen LogP) is 4.96. The Hall–Kier alpha value is -4.86. The van der Waals surface area contributed by atoms with Gasteiger partial charge in [-0.1, -0.05) is 6.92 Å². The summed E-state index contributed by atoms with van der Waals surface area (Å²) in [6.45, 7) is 1.97. The fourth-order valence-electron chi connectivity index (χ4n) is 4.02. The van der Waals surface area contributed by atoms with E-state index in [1.54, 1.807) is 37.3 Å². The van der Waals surface area contributed by atoms with E-state index in [0.717, 1.165) is 45.2 Å². The molecule has 172 valence electrons. The Morgan fingerprint density at radius 3 is 2.83 bits per heavy atom. The average Bonchev–Trinajstić information content (AvgIpc) is 3.63. The summed E-state index contributed by atoms with van der Waals surface area (Å²) < 4.78 is 5.22. The smallest absolute Gasteiger partial charge is 0.224 e. The SMILES string of the molecule is CCCC(=O)Nc1cncc(-c2cnc3[nH]nc(-c4nc5c(-c6ccoc6)nccc5[nH]4)c3c2)c1. The molecule has 0 radical (unpaired) electrons. The summed E-state index contributed by atoms with van der Waals surface area (Å²) in [7, 11) is 0. The van der Waals surface area contributed by atoms with Gasteiger partial charge in [0.25, 0.3) is 0 Å². The average molecular weight is 464 g/mol. The number of carbonyl (C=O) groups excluding carboxylic acids is 1. The molecule has 1 amide bonds. The van der Waals surface area contributed by atoms with E-state index >= 15 is 0 Å². The van der Waals surface area contributed by atoms with Gasteiger partial charge in [-0.05, 0) is 30.7 Å². The largest absolute Gasteiger partial charge is 0.472 e. The van der Waals surface area contributed by atoms with Crippen LogP contribution in [0.5, 0.6) is 0 Å². The summed E-state index contributed by atoms with van der Waals surface area (Å²) in [6, 6.07) is 7.59. The standard InChI is InChI=1S/C25H20N8O2/c1-2-3-20(34)29-17-8-15(10-26-12-17)16-9-18-22(32-33-24(18)28-11-16)25-30-19-4-6-27-21(23(19)31-25)14-5-7-35-13-14/h4-13H,2-3H2,1H3,(H,29,34)(H,30,31)(H,28,32,33). The van der Waals surface area contributed by atoms with Crippen molar-refractivity contribution < 1.29 is 9.21 Å². The number of aromatic nitrogens is 7. The maximum absolute atomic E-state index is 12.0. The van der Waals surface area contributed by atoms with Crippen molar-refractivity contribution in [1.82, 2.24) is 35.1 Å². The molecule has 0 saturated heterocycles. The Morgan fingerprint density at radius 1 is 1.06 bits per heavy atom. The molecule has 10 nitrogen and oxygen atoms in total. The Labute approximate surface area is 198 Å². The van der Waals surface area contributed by atoms with Crippen molar-refractivity contribution >= 4 is 33.7 Å². The summed E-state index contributed by atoms with van der Waals surface area (Å²) in [4.78, 5) is 33.4.